The van der Waals surface area contributed by atoms with E-state index in [-0.39, 0.29) is 18.2 Å². The van der Waals surface area contributed by atoms with Crippen LogP contribution in [0.25, 0.3) is 16.9 Å². The molecule has 1 unspecified atom stereocenters. The Balaban J connectivity index is 1.76. The Labute approximate surface area is 253 Å². The molecule has 8 nitrogen and oxygen atoms in total. The number of ether oxygens (including phenoxy) is 3. The second-order valence-corrected chi connectivity index (χ2v) is 11.8. The lowest BCUT2D eigenvalue weighted by Gasteiger charge is -2.36. The molecule has 3 aromatic carbocycles. The van der Waals surface area contributed by atoms with Gasteiger partial charge in [-0.1, -0.05) is 42.0 Å². The number of nitrogens with one attached hydrogen (secondary N) is 1. The van der Waals surface area contributed by atoms with Crippen LogP contribution in [0.2, 0.25) is 0 Å². The van der Waals surface area contributed by atoms with Gasteiger partial charge in [-0.3, -0.25) is 14.5 Å². The number of carbonyl (C=O) groups is 2. The fourth-order valence-corrected chi connectivity index (χ4v) is 5.65. The zero-order chi connectivity index (χ0) is 30.9. The summed E-state index contributed by atoms with van der Waals surface area (Å²) < 4.78 is 19.0. The molecule has 0 radical (unpaired) electrons. The van der Waals surface area contributed by atoms with Crippen molar-refractivity contribution in [2.24, 2.45) is 0 Å². The average Bonchev–Trinajstić information content (AvgIpc) is 3.39. The number of benzene rings is 3. The number of aromatic nitrogens is 1. The topological polar surface area (TPSA) is 82.0 Å². The van der Waals surface area contributed by atoms with E-state index in [4.69, 9.17) is 14.2 Å². The third-order valence-corrected chi connectivity index (χ3v) is 7.56. The first-order chi connectivity index (χ1) is 20.6. The molecule has 4 aromatic rings. The Morgan fingerprint density at radius 1 is 0.837 bits per heavy atom. The molecule has 8 heteroatoms. The predicted octanol–water partition coefficient (Wildman–Crippen LogP) is 6.41. The smallest absolute Gasteiger partial charge is 0.248 e. The molecule has 1 aromatic heterocycles. The Kier molecular flexibility index (Phi) is 8.22. The second-order valence-electron chi connectivity index (χ2n) is 11.8. The molecule has 1 aliphatic rings. The number of rotatable bonds is 7. The van der Waals surface area contributed by atoms with Crippen molar-refractivity contribution in [2.75, 3.05) is 26.2 Å². The summed E-state index contributed by atoms with van der Waals surface area (Å²) in [5.41, 5.74) is 5.71. The molecule has 2 heterocycles. The van der Waals surface area contributed by atoms with E-state index in [9.17, 15) is 9.59 Å². The van der Waals surface area contributed by atoms with Crippen molar-refractivity contribution < 1.29 is 23.8 Å². The average molecular weight is 582 g/mol. The standard InChI is InChI=1S/C35H39N3O5/c1-22-12-14-23(15-13-22)26-18-16-25-17-19-31(39)38(28-11-9-8-10-27(28)37(25)26)32(34(40)36-35(2,3)4)24-20-29(41-5)33(43-7)30(21-24)42-6/h8-16,18,20-21,32H,17,19H2,1-7H3,(H,36,40). The number of methoxy groups -OCH3 is 3. The summed E-state index contributed by atoms with van der Waals surface area (Å²) in [6.45, 7) is 7.82. The minimum Gasteiger partial charge on any atom is -0.493 e. The normalized spacial score (nSPS) is 13.7. The number of fused-ring (bicyclic) bond motifs is 3. The largest absolute Gasteiger partial charge is 0.493 e. The van der Waals surface area contributed by atoms with Gasteiger partial charge in [0.1, 0.15) is 6.04 Å². The molecule has 0 saturated heterocycles. The number of hydrogen-bond donors (Lipinski definition) is 1. The predicted molar refractivity (Wildman–Crippen MR) is 168 cm³/mol. The van der Waals surface area contributed by atoms with Gasteiger partial charge in [0.05, 0.1) is 38.4 Å². The second kappa shape index (κ2) is 11.9. The number of amides is 2. The molecule has 1 atom stereocenters. The van der Waals surface area contributed by atoms with E-state index in [0.717, 1.165) is 22.6 Å². The van der Waals surface area contributed by atoms with Gasteiger partial charge in [0, 0.05) is 17.7 Å². The maximum Gasteiger partial charge on any atom is 0.248 e. The number of para-hydroxylation sites is 2. The van der Waals surface area contributed by atoms with Gasteiger partial charge in [0.15, 0.2) is 11.5 Å². The lowest BCUT2D eigenvalue weighted by Crippen LogP contribution is -2.50. The Morgan fingerprint density at radius 2 is 1.47 bits per heavy atom. The van der Waals surface area contributed by atoms with Crippen molar-refractivity contribution in [2.45, 2.75) is 52.1 Å². The molecule has 0 fully saturated rings. The summed E-state index contributed by atoms with van der Waals surface area (Å²) in [7, 11) is 4.59. The van der Waals surface area contributed by atoms with E-state index in [2.05, 4.69) is 53.2 Å². The zero-order valence-corrected chi connectivity index (χ0v) is 25.9. The monoisotopic (exact) mass is 581 g/mol. The van der Waals surface area contributed by atoms with Gasteiger partial charge in [-0.15, -0.1) is 0 Å². The number of anilines is 1. The molecule has 0 bridgehead atoms. The number of carbonyl (C=O) groups excluding carboxylic acids is 2. The van der Waals surface area contributed by atoms with Crippen molar-refractivity contribution in [1.82, 2.24) is 9.88 Å². The molecule has 0 aliphatic carbocycles. The van der Waals surface area contributed by atoms with Crippen molar-refractivity contribution in [3.63, 3.8) is 0 Å². The lowest BCUT2D eigenvalue weighted by atomic mass is 9.98. The third-order valence-electron chi connectivity index (χ3n) is 7.56. The van der Waals surface area contributed by atoms with E-state index in [1.165, 1.54) is 26.9 Å². The minimum atomic E-state index is -1.03. The van der Waals surface area contributed by atoms with Crippen LogP contribution in [-0.4, -0.2) is 43.2 Å². The first-order valence-electron chi connectivity index (χ1n) is 14.4. The first-order valence-corrected chi connectivity index (χ1v) is 14.4. The zero-order valence-electron chi connectivity index (χ0n) is 25.9. The quantitative estimate of drug-likeness (QED) is 0.273. The highest BCUT2D eigenvalue weighted by atomic mass is 16.5. The van der Waals surface area contributed by atoms with Crippen molar-refractivity contribution >= 4 is 17.5 Å². The summed E-state index contributed by atoms with van der Waals surface area (Å²) in [5, 5.41) is 3.11. The highest BCUT2D eigenvalue weighted by Gasteiger charge is 2.38. The van der Waals surface area contributed by atoms with Crippen LogP contribution in [0.1, 0.15) is 50.1 Å². The van der Waals surface area contributed by atoms with E-state index in [1.807, 2.05) is 45.0 Å². The summed E-state index contributed by atoms with van der Waals surface area (Å²) in [6, 6.07) is 22.8. The number of aryl methyl sites for hydroxylation is 2. The van der Waals surface area contributed by atoms with Crippen LogP contribution < -0.4 is 24.4 Å². The van der Waals surface area contributed by atoms with Crippen molar-refractivity contribution in [1.29, 1.82) is 0 Å². The number of hydrogen-bond acceptors (Lipinski definition) is 5. The maximum atomic E-state index is 14.3. The van der Waals surface area contributed by atoms with E-state index >= 15 is 0 Å². The van der Waals surface area contributed by atoms with Crippen LogP contribution >= 0.6 is 0 Å². The van der Waals surface area contributed by atoms with Crippen LogP contribution in [0.15, 0.2) is 72.8 Å². The molecular formula is C35H39N3O5. The molecule has 0 spiro atoms. The summed E-state index contributed by atoms with van der Waals surface area (Å²) in [4.78, 5) is 30.1. The lowest BCUT2D eigenvalue weighted by molar-refractivity contribution is -0.127. The fourth-order valence-electron chi connectivity index (χ4n) is 5.65. The molecule has 1 aliphatic heterocycles. The van der Waals surface area contributed by atoms with Crippen LogP contribution in [0, 0.1) is 6.92 Å². The van der Waals surface area contributed by atoms with Gasteiger partial charge in [-0.25, -0.2) is 0 Å². The first kappa shape index (κ1) is 29.8. The van der Waals surface area contributed by atoms with E-state index < -0.39 is 11.6 Å². The highest BCUT2D eigenvalue weighted by molar-refractivity contribution is 6.03. The SMILES string of the molecule is COc1cc(C(C(=O)NC(C)(C)C)N2C(=O)CCc3ccc(-c4ccc(C)cc4)n3-c3ccccc32)cc(OC)c1OC. The molecule has 43 heavy (non-hydrogen) atoms. The van der Waals surface area contributed by atoms with Gasteiger partial charge in [0.2, 0.25) is 17.6 Å². The van der Waals surface area contributed by atoms with Gasteiger partial charge in [-0.2, -0.15) is 0 Å². The maximum absolute atomic E-state index is 14.3. The van der Waals surface area contributed by atoms with E-state index in [0.29, 0.717) is 34.9 Å². The van der Waals surface area contributed by atoms with Gasteiger partial charge in [0.25, 0.3) is 0 Å². The van der Waals surface area contributed by atoms with E-state index in [1.54, 1.807) is 17.0 Å². The third kappa shape index (κ3) is 5.82. The molecule has 5 rings (SSSR count). The minimum absolute atomic E-state index is 0.167. The van der Waals surface area contributed by atoms with Gasteiger partial charge >= 0.3 is 0 Å². The molecule has 224 valence electrons. The van der Waals surface area contributed by atoms with Gasteiger partial charge < -0.3 is 24.1 Å². The molecule has 0 saturated carbocycles. The number of nitrogens with zero attached hydrogens (tertiary/aromatic N) is 2. The van der Waals surface area contributed by atoms with Gasteiger partial charge in [-0.05, 0) is 81.6 Å². The van der Waals surface area contributed by atoms with Crippen LogP contribution in [0.3, 0.4) is 0 Å². The Hall–Kier alpha value is -4.72. The van der Waals surface area contributed by atoms with Crippen molar-refractivity contribution in [3.05, 3.63) is 89.6 Å². The van der Waals surface area contributed by atoms with Crippen LogP contribution in [0.4, 0.5) is 5.69 Å². The summed E-state index contributed by atoms with van der Waals surface area (Å²) >= 11 is 0. The van der Waals surface area contributed by atoms with Crippen LogP contribution in [-0.2, 0) is 16.0 Å². The summed E-state index contributed by atoms with van der Waals surface area (Å²) in [6.07, 6.45) is 0.730. The van der Waals surface area contributed by atoms with Crippen molar-refractivity contribution in [3.8, 4) is 34.2 Å². The highest BCUT2D eigenvalue weighted by Crippen LogP contribution is 2.44. The Bertz CT molecular complexity index is 1620. The summed E-state index contributed by atoms with van der Waals surface area (Å²) in [5.74, 6) is 0.708. The van der Waals surface area contributed by atoms with Crippen LogP contribution in [0.5, 0.6) is 17.2 Å². The molecule has 1 N–H and O–H groups in total. The molecular weight excluding hydrogens is 542 g/mol. The fraction of sp³-hybridized carbons (Fsp3) is 0.314. The molecule has 2 amide bonds. The Morgan fingerprint density at radius 3 is 2.05 bits per heavy atom.